The van der Waals surface area contributed by atoms with Crippen LogP contribution in [0.1, 0.15) is 11.1 Å². The number of rotatable bonds is 2. The van der Waals surface area contributed by atoms with E-state index in [2.05, 4.69) is 91.2 Å². The molecule has 6 aromatic rings. The van der Waals surface area contributed by atoms with Crippen molar-refractivity contribution in [2.45, 2.75) is 13.8 Å². The highest BCUT2D eigenvalue weighted by Gasteiger charge is 2.29. The van der Waals surface area contributed by atoms with E-state index in [1.54, 1.807) is 12.4 Å². The second-order valence-corrected chi connectivity index (χ2v) is 9.97. The number of para-hydroxylation sites is 4. The molecule has 5 heteroatoms. The van der Waals surface area contributed by atoms with Crippen LogP contribution in [0.25, 0.3) is 44.4 Å². The lowest BCUT2D eigenvalue weighted by molar-refractivity contribution is 0.477. The number of aromatic nitrogens is 2. The number of nitrogens with two attached hydrogens (primary N) is 1. The Balaban J connectivity index is 0.00000130. The van der Waals surface area contributed by atoms with Crippen molar-refractivity contribution in [3.05, 3.63) is 115 Å². The minimum Gasteiger partial charge on any atom is -0.453 e. The van der Waals surface area contributed by atoms with Crippen LogP contribution in [0, 0.1) is 13.8 Å². The van der Waals surface area contributed by atoms with E-state index in [1.165, 1.54) is 45.6 Å². The molecule has 0 unspecified atom stereocenters. The Morgan fingerprint density at radius 2 is 1.27 bits per heavy atom. The summed E-state index contributed by atoms with van der Waals surface area (Å²) in [5.41, 5.74) is 16.8. The molecule has 5 nitrogen and oxygen atoms in total. The van der Waals surface area contributed by atoms with Gasteiger partial charge in [0.05, 0.1) is 22.8 Å². The molecule has 2 aliphatic rings. The molecule has 40 heavy (non-hydrogen) atoms. The molecule has 0 amide bonds. The third-order valence-corrected chi connectivity index (χ3v) is 7.74. The Bertz CT molecular complexity index is 1900. The van der Waals surface area contributed by atoms with E-state index in [9.17, 15) is 0 Å². The maximum Gasteiger partial charge on any atom is 0.151 e. The number of benzene rings is 5. The smallest absolute Gasteiger partial charge is 0.151 e. The van der Waals surface area contributed by atoms with E-state index in [1.807, 2.05) is 24.3 Å². The van der Waals surface area contributed by atoms with Crippen LogP contribution >= 0.6 is 0 Å². The van der Waals surface area contributed by atoms with E-state index >= 15 is 0 Å². The molecule has 2 N–H and O–H groups in total. The molecule has 1 aromatic heterocycles. The average Bonchev–Trinajstić information content (AvgIpc) is 3.34. The third-order valence-electron chi connectivity index (χ3n) is 7.74. The summed E-state index contributed by atoms with van der Waals surface area (Å²) in [6, 6.07) is 32.0. The molecule has 5 aromatic carbocycles. The van der Waals surface area contributed by atoms with Gasteiger partial charge in [0.25, 0.3) is 0 Å². The molecule has 0 saturated carbocycles. The van der Waals surface area contributed by atoms with Gasteiger partial charge in [-0.25, -0.2) is 0 Å². The van der Waals surface area contributed by atoms with Gasteiger partial charge >= 0.3 is 0 Å². The molecule has 1 aliphatic heterocycles. The highest BCUT2D eigenvalue weighted by Crippen LogP contribution is 2.53. The van der Waals surface area contributed by atoms with Crippen LogP contribution in [0.4, 0.5) is 17.1 Å². The number of nitrogens with zero attached hydrogens (tertiary/aromatic N) is 3. The first kappa shape index (κ1) is 24.1. The van der Waals surface area contributed by atoms with Gasteiger partial charge < -0.3 is 15.4 Å². The summed E-state index contributed by atoms with van der Waals surface area (Å²) >= 11 is 0. The van der Waals surface area contributed by atoms with Crippen molar-refractivity contribution in [1.29, 1.82) is 0 Å². The van der Waals surface area contributed by atoms with Gasteiger partial charge in [0.2, 0.25) is 0 Å². The number of aryl methyl sites for hydroxylation is 2. The van der Waals surface area contributed by atoms with Gasteiger partial charge in [0, 0.05) is 34.6 Å². The lowest BCUT2D eigenvalue weighted by Crippen LogP contribution is -2.16. The molecule has 0 bridgehead atoms. The number of fused-ring (bicyclic) bond motifs is 5. The number of anilines is 3. The van der Waals surface area contributed by atoms with Crippen LogP contribution in [0.3, 0.4) is 0 Å². The summed E-state index contributed by atoms with van der Waals surface area (Å²) in [6.45, 7) is 4.39. The first-order chi connectivity index (χ1) is 19.7. The van der Waals surface area contributed by atoms with E-state index in [4.69, 9.17) is 14.7 Å². The third kappa shape index (κ3) is 3.45. The molecule has 0 atom stereocenters. The summed E-state index contributed by atoms with van der Waals surface area (Å²) in [4.78, 5) is 11.8. The zero-order valence-electron chi connectivity index (χ0n) is 22.6. The van der Waals surface area contributed by atoms with Crippen molar-refractivity contribution in [3.63, 3.8) is 0 Å². The van der Waals surface area contributed by atoms with Crippen LogP contribution in [0.15, 0.2) is 103 Å². The standard InChI is InChI=1S/C34H23N3O.CH5N/c1-20-19-28(37-26-10-3-5-12-29(26)38-30-13-6-4-11-27(30)37)21(2)18-25(20)23-15-14-22-8-7-9-24-31(22)32(23)34-33(24)35-16-17-36-34;1-2/h3-19H,1-2H3;2H2,1H3. The molecular weight excluding hydrogens is 492 g/mol. The molecule has 0 radical (unpaired) electrons. The van der Waals surface area contributed by atoms with Gasteiger partial charge in [-0.05, 0) is 84.9 Å². The quantitative estimate of drug-likeness (QED) is 0.247. The largest absolute Gasteiger partial charge is 0.453 e. The highest BCUT2D eigenvalue weighted by atomic mass is 16.5. The Kier molecular flexibility index (Phi) is 5.61. The van der Waals surface area contributed by atoms with Gasteiger partial charge in [-0.3, -0.25) is 9.97 Å². The fourth-order valence-corrected chi connectivity index (χ4v) is 6.06. The Morgan fingerprint density at radius 3 is 2.00 bits per heavy atom. The van der Waals surface area contributed by atoms with E-state index in [-0.39, 0.29) is 0 Å². The summed E-state index contributed by atoms with van der Waals surface area (Å²) < 4.78 is 6.25. The first-order valence-corrected chi connectivity index (χ1v) is 13.4. The van der Waals surface area contributed by atoms with Gasteiger partial charge in [-0.2, -0.15) is 0 Å². The predicted octanol–water partition coefficient (Wildman–Crippen LogP) is 8.71. The molecule has 8 rings (SSSR count). The second kappa shape index (κ2) is 9.33. The van der Waals surface area contributed by atoms with E-state index in [0.29, 0.717) is 0 Å². The van der Waals surface area contributed by atoms with E-state index < -0.39 is 0 Å². The van der Waals surface area contributed by atoms with Crippen molar-refractivity contribution in [2.75, 3.05) is 11.9 Å². The van der Waals surface area contributed by atoms with Crippen molar-refractivity contribution < 1.29 is 4.74 Å². The molecule has 0 spiro atoms. The molecule has 194 valence electrons. The highest BCUT2D eigenvalue weighted by molar-refractivity contribution is 6.17. The number of ether oxygens (including phenoxy) is 1. The molecular formula is C35H28N4O. The van der Waals surface area contributed by atoms with Gasteiger partial charge in [0.1, 0.15) is 0 Å². The number of hydrogen-bond acceptors (Lipinski definition) is 5. The van der Waals surface area contributed by atoms with Crippen LogP contribution in [-0.2, 0) is 0 Å². The maximum absolute atomic E-state index is 6.25. The maximum atomic E-state index is 6.25. The van der Waals surface area contributed by atoms with Crippen molar-refractivity contribution in [1.82, 2.24) is 9.97 Å². The minimum atomic E-state index is 0.859. The molecule has 0 saturated heterocycles. The number of hydrogen-bond donors (Lipinski definition) is 1. The minimum absolute atomic E-state index is 0.859. The van der Waals surface area contributed by atoms with Crippen molar-refractivity contribution in [3.8, 4) is 45.1 Å². The molecule has 1 aliphatic carbocycles. The van der Waals surface area contributed by atoms with Gasteiger partial charge in [-0.1, -0.05) is 54.6 Å². The van der Waals surface area contributed by atoms with Crippen LogP contribution < -0.4 is 15.4 Å². The summed E-state index contributed by atoms with van der Waals surface area (Å²) in [7, 11) is 1.50. The summed E-state index contributed by atoms with van der Waals surface area (Å²) in [5, 5.41) is 2.46. The Morgan fingerprint density at radius 1 is 0.600 bits per heavy atom. The van der Waals surface area contributed by atoms with Crippen LogP contribution in [0.5, 0.6) is 11.5 Å². The van der Waals surface area contributed by atoms with Crippen molar-refractivity contribution in [2.24, 2.45) is 5.73 Å². The Hall–Kier alpha value is -5.00. The fraction of sp³-hybridized carbons (Fsp3) is 0.0857. The van der Waals surface area contributed by atoms with Crippen molar-refractivity contribution >= 4 is 27.8 Å². The normalized spacial score (nSPS) is 12.2. The Labute approximate surface area is 233 Å². The van der Waals surface area contributed by atoms with Crippen LogP contribution in [-0.4, -0.2) is 17.0 Å². The monoisotopic (exact) mass is 520 g/mol. The second-order valence-electron chi connectivity index (χ2n) is 9.97. The first-order valence-electron chi connectivity index (χ1n) is 13.4. The van der Waals surface area contributed by atoms with Gasteiger partial charge in [0.15, 0.2) is 11.5 Å². The molecule has 2 heterocycles. The van der Waals surface area contributed by atoms with E-state index in [0.717, 1.165) is 45.5 Å². The summed E-state index contributed by atoms with van der Waals surface area (Å²) in [6.07, 6.45) is 3.58. The average molecular weight is 521 g/mol. The fourth-order valence-electron chi connectivity index (χ4n) is 6.06. The van der Waals surface area contributed by atoms with Gasteiger partial charge in [-0.15, -0.1) is 0 Å². The lowest BCUT2D eigenvalue weighted by Gasteiger charge is -2.34. The van der Waals surface area contributed by atoms with Crippen LogP contribution in [0.2, 0.25) is 0 Å². The zero-order chi connectivity index (χ0) is 27.4. The molecule has 0 fully saturated rings. The lowest BCUT2D eigenvalue weighted by atomic mass is 9.90. The topological polar surface area (TPSA) is 64.3 Å². The predicted molar refractivity (Wildman–Crippen MR) is 164 cm³/mol. The zero-order valence-corrected chi connectivity index (χ0v) is 22.6. The SMILES string of the molecule is CN.Cc1cc(N2c3ccccc3Oc3ccccc32)c(C)cc1-c1ccc2cccc3c2c1-c1nccnc1-3. The summed E-state index contributed by atoms with van der Waals surface area (Å²) in [5.74, 6) is 1.72.